The van der Waals surface area contributed by atoms with Gasteiger partial charge in [-0.2, -0.15) is 0 Å². The summed E-state index contributed by atoms with van der Waals surface area (Å²) in [5.41, 5.74) is 0. The highest BCUT2D eigenvalue weighted by Gasteiger charge is 2.13. The van der Waals surface area contributed by atoms with Gasteiger partial charge in [-0.15, -0.1) is 0 Å². The first-order chi connectivity index (χ1) is 7.18. The molecule has 15 heavy (non-hydrogen) atoms. The van der Waals surface area contributed by atoms with Gasteiger partial charge in [-0.25, -0.2) is 8.78 Å². The van der Waals surface area contributed by atoms with E-state index in [2.05, 4.69) is 0 Å². The van der Waals surface area contributed by atoms with Crippen molar-refractivity contribution in [2.24, 2.45) is 0 Å². The third-order valence-electron chi connectivity index (χ3n) is 2.61. The minimum Gasteiger partial charge on any atom is -0.251 e. The molecule has 0 N–H and O–H groups in total. The maximum Gasteiger partial charge on any atom is 0.131 e. The van der Waals surface area contributed by atoms with Gasteiger partial charge in [0, 0.05) is 0 Å². The fourth-order valence-electron chi connectivity index (χ4n) is 1.55. The quantitative estimate of drug-likeness (QED) is 0.469. The second-order valence-electron chi connectivity index (χ2n) is 4.15. The minimum absolute atomic E-state index is 0.224. The van der Waals surface area contributed by atoms with Gasteiger partial charge in [0.05, 0.1) is 6.67 Å². The molecule has 0 fully saturated rings. The Labute approximate surface area is 91.3 Å². The Hall–Kier alpha value is -0.210. The standard InChI is InChI=1S/C12H23F3/c1-11(14)12(15)9-7-5-3-2-4-6-8-10-13/h11-12H,2-10H2,1H3. The van der Waals surface area contributed by atoms with Crippen LogP contribution in [0.25, 0.3) is 0 Å². The lowest BCUT2D eigenvalue weighted by Gasteiger charge is -2.08. The van der Waals surface area contributed by atoms with Gasteiger partial charge < -0.3 is 0 Å². The molecular formula is C12H23F3. The van der Waals surface area contributed by atoms with Crippen molar-refractivity contribution in [1.29, 1.82) is 0 Å². The summed E-state index contributed by atoms with van der Waals surface area (Å²) in [5, 5.41) is 0. The predicted molar refractivity (Wildman–Crippen MR) is 58.4 cm³/mol. The third kappa shape index (κ3) is 10.1. The van der Waals surface area contributed by atoms with Crippen molar-refractivity contribution in [3.05, 3.63) is 0 Å². The number of rotatable bonds is 10. The number of halogens is 3. The zero-order valence-corrected chi connectivity index (χ0v) is 9.65. The van der Waals surface area contributed by atoms with E-state index in [0.717, 1.165) is 38.5 Å². The Balaban J connectivity index is 3.05. The molecule has 0 aliphatic carbocycles. The summed E-state index contributed by atoms with van der Waals surface area (Å²) in [6.07, 6.45) is 4.23. The van der Waals surface area contributed by atoms with Gasteiger partial charge in [-0.3, -0.25) is 4.39 Å². The number of hydrogen-bond acceptors (Lipinski definition) is 0. The highest BCUT2D eigenvalue weighted by molar-refractivity contribution is 4.62. The van der Waals surface area contributed by atoms with Crippen LogP contribution in [0.1, 0.15) is 58.3 Å². The summed E-state index contributed by atoms with van der Waals surface area (Å²) in [4.78, 5) is 0. The van der Waals surface area contributed by atoms with E-state index < -0.39 is 12.3 Å². The lowest BCUT2D eigenvalue weighted by molar-refractivity contribution is 0.169. The normalized spacial score (nSPS) is 15.2. The molecule has 0 rings (SSSR count). The Morgan fingerprint density at radius 1 is 0.800 bits per heavy atom. The van der Waals surface area contributed by atoms with Crippen LogP contribution in [0.15, 0.2) is 0 Å². The lowest BCUT2D eigenvalue weighted by Crippen LogP contribution is -2.12. The molecule has 0 saturated heterocycles. The third-order valence-corrected chi connectivity index (χ3v) is 2.61. The van der Waals surface area contributed by atoms with E-state index in [1.165, 1.54) is 6.92 Å². The van der Waals surface area contributed by atoms with Gasteiger partial charge in [0.25, 0.3) is 0 Å². The molecule has 92 valence electrons. The topological polar surface area (TPSA) is 0 Å². The van der Waals surface area contributed by atoms with Crippen molar-refractivity contribution in [3.63, 3.8) is 0 Å². The largest absolute Gasteiger partial charge is 0.251 e. The van der Waals surface area contributed by atoms with Gasteiger partial charge in [-0.1, -0.05) is 38.5 Å². The highest BCUT2D eigenvalue weighted by atomic mass is 19.2. The van der Waals surface area contributed by atoms with E-state index in [0.29, 0.717) is 12.8 Å². The smallest absolute Gasteiger partial charge is 0.131 e. The van der Waals surface area contributed by atoms with Crippen molar-refractivity contribution in [1.82, 2.24) is 0 Å². The van der Waals surface area contributed by atoms with Crippen molar-refractivity contribution < 1.29 is 13.2 Å². The molecule has 0 nitrogen and oxygen atoms in total. The van der Waals surface area contributed by atoms with E-state index in [-0.39, 0.29) is 6.67 Å². The first-order valence-electron chi connectivity index (χ1n) is 6.02. The van der Waals surface area contributed by atoms with Gasteiger partial charge in [-0.05, 0) is 19.8 Å². The molecule has 0 spiro atoms. The van der Waals surface area contributed by atoms with Crippen LogP contribution in [0.4, 0.5) is 13.2 Å². The molecule has 0 radical (unpaired) electrons. The molecule has 0 aromatic heterocycles. The van der Waals surface area contributed by atoms with Crippen LogP contribution in [-0.4, -0.2) is 19.0 Å². The number of hydrogen-bond donors (Lipinski definition) is 0. The summed E-state index contributed by atoms with van der Waals surface area (Å²) < 4.78 is 36.9. The highest BCUT2D eigenvalue weighted by Crippen LogP contribution is 2.14. The Morgan fingerprint density at radius 3 is 1.73 bits per heavy atom. The van der Waals surface area contributed by atoms with Crippen LogP contribution in [0.5, 0.6) is 0 Å². The average Bonchev–Trinajstić information content (AvgIpc) is 2.21. The molecular weight excluding hydrogens is 201 g/mol. The Bertz CT molecular complexity index is 126. The van der Waals surface area contributed by atoms with E-state index in [9.17, 15) is 13.2 Å². The molecule has 0 saturated carbocycles. The fourth-order valence-corrected chi connectivity index (χ4v) is 1.55. The van der Waals surface area contributed by atoms with E-state index in [1.54, 1.807) is 0 Å². The molecule has 0 amide bonds. The van der Waals surface area contributed by atoms with Crippen molar-refractivity contribution in [2.45, 2.75) is 70.6 Å². The predicted octanol–water partition coefficient (Wildman–Crippen LogP) is 4.77. The minimum atomic E-state index is -1.34. The average molecular weight is 224 g/mol. The lowest BCUT2D eigenvalue weighted by atomic mass is 10.1. The molecule has 0 aromatic rings. The maximum atomic E-state index is 12.8. The SMILES string of the molecule is CC(F)C(F)CCCCCCCCCF. The fraction of sp³-hybridized carbons (Fsp3) is 1.00. The second kappa shape index (κ2) is 10.3. The van der Waals surface area contributed by atoms with Crippen LogP contribution in [0, 0.1) is 0 Å². The molecule has 2 atom stereocenters. The molecule has 0 aliphatic rings. The van der Waals surface area contributed by atoms with Crippen LogP contribution in [0.3, 0.4) is 0 Å². The van der Waals surface area contributed by atoms with Crippen LogP contribution in [0.2, 0.25) is 0 Å². The first-order valence-corrected chi connectivity index (χ1v) is 6.02. The summed E-state index contributed by atoms with van der Waals surface area (Å²) in [6, 6.07) is 0. The summed E-state index contributed by atoms with van der Waals surface area (Å²) in [6.45, 7) is 1.04. The number of alkyl halides is 3. The van der Waals surface area contributed by atoms with E-state index in [4.69, 9.17) is 0 Å². The summed E-state index contributed by atoms with van der Waals surface area (Å²) in [5.74, 6) is 0. The molecule has 3 heteroatoms. The number of unbranched alkanes of at least 4 members (excludes halogenated alkanes) is 6. The maximum absolute atomic E-state index is 12.8. The monoisotopic (exact) mass is 224 g/mol. The molecule has 0 aromatic carbocycles. The zero-order chi connectivity index (χ0) is 11.5. The Morgan fingerprint density at radius 2 is 1.27 bits per heavy atom. The van der Waals surface area contributed by atoms with Crippen LogP contribution < -0.4 is 0 Å². The van der Waals surface area contributed by atoms with E-state index >= 15 is 0 Å². The van der Waals surface area contributed by atoms with Crippen LogP contribution >= 0.6 is 0 Å². The van der Waals surface area contributed by atoms with Gasteiger partial charge in [0.15, 0.2) is 0 Å². The second-order valence-corrected chi connectivity index (χ2v) is 4.15. The summed E-state index contributed by atoms with van der Waals surface area (Å²) in [7, 11) is 0. The summed E-state index contributed by atoms with van der Waals surface area (Å²) >= 11 is 0. The first kappa shape index (κ1) is 14.8. The molecule has 0 heterocycles. The molecule has 0 bridgehead atoms. The van der Waals surface area contributed by atoms with Crippen molar-refractivity contribution >= 4 is 0 Å². The van der Waals surface area contributed by atoms with Gasteiger partial charge >= 0.3 is 0 Å². The van der Waals surface area contributed by atoms with Crippen LogP contribution in [-0.2, 0) is 0 Å². The van der Waals surface area contributed by atoms with Gasteiger partial charge in [0.1, 0.15) is 12.3 Å². The zero-order valence-electron chi connectivity index (χ0n) is 9.65. The Kier molecular flexibility index (Phi) is 10.2. The molecule has 0 aliphatic heterocycles. The van der Waals surface area contributed by atoms with E-state index in [1.807, 2.05) is 0 Å². The van der Waals surface area contributed by atoms with Crippen molar-refractivity contribution in [3.8, 4) is 0 Å². The van der Waals surface area contributed by atoms with Gasteiger partial charge in [0.2, 0.25) is 0 Å². The molecule has 2 unspecified atom stereocenters. The van der Waals surface area contributed by atoms with Crippen molar-refractivity contribution in [2.75, 3.05) is 6.67 Å².